The van der Waals surface area contributed by atoms with Crippen LogP contribution in [-0.2, 0) is 22.6 Å². The van der Waals surface area contributed by atoms with Crippen molar-refractivity contribution < 1.29 is 26.4 Å². The van der Waals surface area contributed by atoms with Crippen molar-refractivity contribution in [3.63, 3.8) is 0 Å². The second-order valence-corrected chi connectivity index (χ2v) is 12.0. The molecule has 1 aliphatic heterocycles. The zero-order valence-electron chi connectivity index (χ0n) is 21.5. The van der Waals surface area contributed by atoms with Gasteiger partial charge in [0, 0.05) is 31.9 Å². The molecule has 202 valence electrons. The van der Waals surface area contributed by atoms with E-state index in [2.05, 4.69) is 15.1 Å². The molecule has 0 aliphatic carbocycles. The molecule has 0 radical (unpaired) electrons. The number of aryl methyl sites for hydroxylation is 1. The molecule has 0 spiro atoms. The zero-order chi connectivity index (χ0) is 27.8. The first kappa shape index (κ1) is 27.6. The van der Waals surface area contributed by atoms with Gasteiger partial charge in [-0.25, -0.2) is 18.1 Å². The fourth-order valence-corrected chi connectivity index (χ4v) is 5.56. The van der Waals surface area contributed by atoms with E-state index in [1.807, 2.05) is 19.1 Å². The van der Waals surface area contributed by atoms with Gasteiger partial charge >= 0.3 is 6.18 Å². The number of carbonyl (C=O) groups is 1. The van der Waals surface area contributed by atoms with Crippen molar-refractivity contribution in [2.24, 2.45) is 0 Å². The van der Waals surface area contributed by atoms with Gasteiger partial charge in [-0.2, -0.15) is 22.6 Å². The summed E-state index contributed by atoms with van der Waals surface area (Å²) in [6.07, 6.45) is 1.77. The largest absolute Gasteiger partial charge is 0.417 e. The summed E-state index contributed by atoms with van der Waals surface area (Å²) in [5.74, 6) is -0.0297. The van der Waals surface area contributed by atoms with Crippen molar-refractivity contribution in [3.05, 3.63) is 76.5 Å². The Hall–Kier alpha value is -3.38. The number of halogens is 3. The minimum absolute atomic E-state index is 0.0700. The van der Waals surface area contributed by atoms with Gasteiger partial charge in [-0.15, -0.1) is 0 Å². The van der Waals surface area contributed by atoms with Crippen LogP contribution < -0.4 is 0 Å². The van der Waals surface area contributed by atoms with E-state index >= 15 is 0 Å². The van der Waals surface area contributed by atoms with Crippen LogP contribution >= 0.6 is 0 Å². The van der Waals surface area contributed by atoms with Gasteiger partial charge in [0.05, 0.1) is 34.0 Å². The van der Waals surface area contributed by atoms with Crippen molar-refractivity contribution in [1.82, 2.24) is 24.1 Å². The number of Topliss-reactive ketones (excluding diaryl/α,β-unsaturated/α-hetero) is 1. The van der Waals surface area contributed by atoms with Gasteiger partial charge < -0.3 is 0 Å². The van der Waals surface area contributed by atoms with Crippen molar-refractivity contribution in [2.45, 2.75) is 52.0 Å². The molecule has 0 unspecified atom stereocenters. The molecule has 38 heavy (non-hydrogen) atoms. The Balaban J connectivity index is 1.47. The lowest BCUT2D eigenvalue weighted by molar-refractivity contribution is -0.137. The van der Waals surface area contributed by atoms with Crippen LogP contribution in [0.2, 0.25) is 0 Å². The molecule has 12 heteroatoms. The van der Waals surface area contributed by atoms with Gasteiger partial charge in [0.1, 0.15) is 0 Å². The quantitative estimate of drug-likeness (QED) is 0.403. The number of hydrogen-bond acceptors (Lipinski definition) is 6. The Bertz CT molecular complexity index is 1490. The predicted octanol–water partition coefficient (Wildman–Crippen LogP) is 4.55. The summed E-state index contributed by atoms with van der Waals surface area (Å²) in [5, 5.41) is 3.67. The van der Waals surface area contributed by atoms with E-state index in [1.165, 1.54) is 21.3 Å². The first-order valence-electron chi connectivity index (χ1n) is 12.0. The van der Waals surface area contributed by atoms with Gasteiger partial charge in [-0.05, 0) is 62.9 Å². The highest BCUT2D eigenvalue weighted by molar-refractivity contribution is 7.89. The molecule has 4 heterocycles. The van der Waals surface area contributed by atoms with Crippen LogP contribution in [0.3, 0.4) is 0 Å². The number of rotatable bonds is 7. The number of sulfonamides is 1. The molecule has 3 aromatic rings. The van der Waals surface area contributed by atoms with E-state index in [1.54, 1.807) is 27.0 Å². The van der Waals surface area contributed by atoms with Crippen LogP contribution in [0.25, 0.3) is 11.4 Å². The number of aromatic nitrogens is 4. The standard InChI is InChI=1S/C26H28F3N5O3S/c1-16(2)38(36,37)33-9-7-20(8-10-33)25-17(3)11-19(13-31-25)12-23(35)22-15-32-34(18(22)4)24-6-5-21(14-30-24)26(27,28)29/h5-7,11,13-16H,8-10,12H2,1-4H3. The van der Waals surface area contributed by atoms with Crippen molar-refractivity contribution >= 4 is 21.4 Å². The molecule has 4 rings (SSSR count). The van der Waals surface area contributed by atoms with Crippen LogP contribution in [0, 0.1) is 13.8 Å². The lowest BCUT2D eigenvalue weighted by Gasteiger charge is -2.27. The molecular weight excluding hydrogens is 519 g/mol. The third kappa shape index (κ3) is 5.56. The predicted molar refractivity (Wildman–Crippen MR) is 136 cm³/mol. The van der Waals surface area contributed by atoms with Crippen molar-refractivity contribution in [2.75, 3.05) is 13.1 Å². The summed E-state index contributed by atoms with van der Waals surface area (Å²) in [4.78, 5) is 21.4. The second-order valence-electron chi connectivity index (χ2n) is 9.50. The highest BCUT2D eigenvalue weighted by Crippen LogP contribution is 2.29. The van der Waals surface area contributed by atoms with Gasteiger partial charge in [0.25, 0.3) is 0 Å². The average Bonchev–Trinajstić information content (AvgIpc) is 3.25. The highest BCUT2D eigenvalue weighted by atomic mass is 32.2. The van der Waals surface area contributed by atoms with Crippen LogP contribution in [-0.4, -0.2) is 56.6 Å². The Labute approximate surface area is 219 Å². The van der Waals surface area contributed by atoms with E-state index < -0.39 is 27.0 Å². The monoisotopic (exact) mass is 547 g/mol. The van der Waals surface area contributed by atoms with Crippen LogP contribution in [0.15, 0.2) is 42.9 Å². The molecule has 8 nitrogen and oxygen atoms in total. The normalized spacial score (nSPS) is 15.1. The van der Waals surface area contributed by atoms with Gasteiger partial charge in [-0.1, -0.05) is 12.1 Å². The third-order valence-corrected chi connectivity index (χ3v) is 8.78. The molecule has 0 fully saturated rings. The average molecular weight is 548 g/mol. The summed E-state index contributed by atoms with van der Waals surface area (Å²) in [6.45, 7) is 7.58. The number of pyridine rings is 2. The third-order valence-electron chi connectivity index (χ3n) is 6.53. The number of hydrogen-bond donors (Lipinski definition) is 0. The first-order valence-corrected chi connectivity index (χ1v) is 13.5. The van der Waals surface area contributed by atoms with E-state index in [9.17, 15) is 26.4 Å². The molecule has 0 N–H and O–H groups in total. The summed E-state index contributed by atoms with van der Waals surface area (Å²) in [7, 11) is -3.31. The fraction of sp³-hybridized carbons (Fsp3) is 0.385. The molecular formula is C26H28F3N5O3S. The van der Waals surface area contributed by atoms with Gasteiger partial charge in [-0.3, -0.25) is 9.78 Å². The number of ketones is 1. The lowest BCUT2D eigenvalue weighted by Crippen LogP contribution is -2.39. The van der Waals surface area contributed by atoms with Crippen LogP contribution in [0.5, 0.6) is 0 Å². The van der Waals surface area contributed by atoms with Gasteiger partial charge in [0.2, 0.25) is 10.0 Å². The Morgan fingerprint density at radius 2 is 1.84 bits per heavy atom. The van der Waals surface area contributed by atoms with E-state index in [4.69, 9.17) is 0 Å². The fourth-order valence-electron chi connectivity index (χ4n) is 4.33. The molecule has 0 amide bonds. The smallest absolute Gasteiger partial charge is 0.294 e. The summed E-state index contributed by atoms with van der Waals surface area (Å²) in [5.41, 5.74) is 3.28. The molecule has 0 bridgehead atoms. The first-order chi connectivity index (χ1) is 17.8. The maximum absolute atomic E-state index is 13.0. The molecule has 0 saturated heterocycles. The number of alkyl halides is 3. The van der Waals surface area contributed by atoms with E-state index in [0.717, 1.165) is 29.1 Å². The Morgan fingerprint density at radius 3 is 2.39 bits per heavy atom. The summed E-state index contributed by atoms with van der Waals surface area (Å²) < 4.78 is 66.1. The maximum atomic E-state index is 13.0. The summed E-state index contributed by atoms with van der Waals surface area (Å²) >= 11 is 0. The van der Waals surface area contributed by atoms with Gasteiger partial charge in [0.15, 0.2) is 11.6 Å². The lowest BCUT2D eigenvalue weighted by atomic mass is 9.98. The minimum Gasteiger partial charge on any atom is -0.294 e. The SMILES string of the molecule is Cc1cc(CC(=O)c2cnn(-c3ccc(C(F)(F)F)cn3)c2C)cnc1C1=CCN(S(=O)(=O)C(C)C)CC1. The van der Waals surface area contributed by atoms with E-state index in [-0.39, 0.29) is 18.0 Å². The van der Waals surface area contributed by atoms with Crippen molar-refractivity contribution in [1.29, 1.82) is 0 Å². The zero-order valence-corrected chi connectivity index (χ0v) is 22.3. The Morgan fingerprint density at radius 1 is 1.11 bits per heavy atom. The highest BCUT2D eigenvalue weighted by Gasteiger charge is 2.31. The summed E-state index contributed by atoms with van der Waals surface area (Å²) in [6, 6.07) is 4.01. The molecule has 0 aromatic carbocycles. The van der Waals surface area contributed by atoms with Crippen molar-refractivity contribution in [3.8, 4) is 5.82 Å². The van der Waals surface area contributed by atoms with Crippen LogP contribution in [0.1, 0.15) is 58.7 Å². The topological polar surface area (TPSA) is 98.1 Å². The number of carbonyl (C=O) groups excluding carboxylic acids is 1. The second kappa shape index (κ2) is 10.4. The molecule has 0 atom stereocenters. The molecule has 3 aromatic heterocycles. The Kier molecular flexibility index (Phi) is 7.57. The minimum atomic E-state index is -4.49. The van der Waals surface area contributed by atoms with Crippen LogP contribution in [0.4, 0.5) is 13.2 Å². The molecule has 1 aliphatic rings. The molecule has 0 saturated carbocycles. The van der Waals surface area contributed by atoms with E-state index in [0.29, 0.717) is 36.3 Å². The maximum Gasteiger partial charge on any atom is 0.417 e. The number of nitrogens with zero attached hydrogens (tertiary/aromatic N) is 5.